The van der Waals surface area contributed by atoms with E-state index in [0.717, 1.165) is 22.3 Å². The number of alkyl carbamates (subject to hydrolysis) is 3. The first-order valence-corrected chi connectivity index (χ1v) is 13.9. The number of hydrogen-bond donors (Lipinski definition) is 4. The molecule has 0 bridgehead atoms. The van der Waals surface area contributed by atoms with E-state index in [2.05, 4.69) is 16.0 Å². The molecule has 11 heteroatoms. The zero-order chi connectivity index (χ0) is 30.9. The molecule has 4 rings (SSSR count). The molecule has 2 aromatic carbocycles. The van der Waals surface area contributed by atoms with Crippen molar-refractivity contribution >= 4 is 24.2 Å². The minimum Gasteiger partial charge on any atom is -0.480 e. The van der Waals surface area contributed by atoms with Gasteiger partial charge in [0, 0.05) is 18.8 Å². The second-order valence-corrected chi connectivity index (χ2v) is 12.8. The first kappa shape index (κ1) is 30.7. The molecule has 0 unspecified atom stereocenters. The molecule has 0 aromatic heterocycles. The molecule has 1 saturated carbocycles. The molecule has 2 aliphatic carbocycles. The van der Waals surface area contributed by atoms with Gasteiger partial charge in [0.25, 0.3) is 0 Å². The van der Waals surface area contributed by atoms with Gasteiger partial charge in [-0.25, -0.2) is 19.2 Å². The second kappa shape index (κ2) is 11.5. The number of carbonyl (C=O) groups excluding carboxylic acids is 3. The van der Waals surface area contributed by atoms with Crippen LogP contribution in [0.5, 0.6) is 0 Å². The molecule has 11 nitrogen and oxygen atoms in total. The van der Waals surface area contributed by atoms with Crippen molar-refractivity contribution < 1.29 is 38.5 Å². The molecule has 0 saturated heterocycles. The third-order valence-corrected chi connectivity index (χ3v) is 7.12. The molecule has 0 spiro atoms. The van der Waals surface area contributed by atoms with E-state index < -0.39 is 53.1 Å². The van der Waals surface area contributed by atoms with Crippen molar-refractivity contribution in [3.8, 4) is 11.1 Å². The molecule has 2 aromatic rings. The molecule has 0 heterocycles. The van der Waals surface area contributed by atoms with Crippen LogP contribution in [0.2, 0.25) is 0 Å². The van der Waals surface area contributed by atoms with Gasteiger partial charge in [0.15, 0.2) is 0 Å². The van der Waals surface area contributed by atoms with Gasteiger partial charge in [-0.1, -0.05) is 48.5 Å². The molecular weight excluding hydrogens is 542 g/mol. The summed E-state index contributed by atoms with van der Waals surface area (Å²) in [5, 5.41) is 18.1. The number of amides is 3. The number of rotatable bonds is 6. The molecule has 42 heavy (non-hydrogen) atoms. The van der Waals surface area contributed by atoms with Gasteiger partial charge in [-0.15, -0.1) is 0 Å². The molecule has 0 aliphatic heterocycles. The fourth-order valence-corrected chi connectivity index (χ4v) is 5.50. The average molecular weight is 582 g/mol. The summed E-state index contributed by atoms with van der Waals surface area (Å²) < 4.78 is 16.3. The maximum atomic E-state index is 13.1. The lowest BCUT2D eigenvalue weighted by Gasteiger charge is -2.26. The SMILES string of the molecule is CC(C)(C)OC(=O)N[C@@H]1CC(NC(=O)OCC2c3ccccc3-c3ccccc32)(C(=O)O)C[C@H]1NC(=O)OC(C)(C)C. The smallest absolute Gasteiger partial charge is 0.408 e. The van der Waals surface area contributed by atoms with Crippen molar-refractivity contribution in [1.29, 1.82) is 0 Å². The van der Waals surface area contributed by atoms with Crippen molar-refractivity contribution in [3.63, 3.8) is 0 Å². The monoisotopic (exact) mass is 581 g/mol. The molecular formula is C31H39N3O8. The van der Waals surface area contributed by atoms with Gasteiger partial charge in [0.1, 0.15) is 23.3 Å². The van der Waals surface area contributed by atoms with Crippen LogP contribution in [-0.2, 0) is 19.0 Å². The van der Waals surface area contributed by atoms with E-state index in [1.54, 1.807) is 41.5 Å². The first-order valence-electron chi connectivity index (χ1n) is 13.9. The van der Waals surface area contributed by atoms with Crippen LogP contribution in [0.25, 0.3) is 11.1 Å². The quantitative estimate of drug-likeness (QED) is 0.351. The Morgan fingerprint density at radius 3 is 1.60 bits per heavy atom. The molecule has 3 amide bonds. The van der Waals surface area contributed by atoms with Crippen LogP contribution in [0.3, 0.4) is 0 Å². The summed E-state index contributed by atoms with van der Waals surface area (Å²) in [5.41, 5.74) is 0.702. The number of nitrogens with one attached hydrogen (secondary N) is 3. The largest absolute Gasteiger partial charge is 0.480 e. The number of hydrogen-bond acceptors (Lipinski definition) is 7. The van der Waals surface area contributed by atoms with Gasteiger partial charge < -0.3 is 35.3 Å². The van der Waals surface area contributed by atoms with E-state index in [0.29, 0.717) is 0 Å². The molecule has 2 aliphatic rings. The standard InChI is InChI=1S/C31H39N3O8/c1-29(2,3)41-26(37)32-23-15-31(25(35)36,16-24(23)33-27(38)42-30(4,5)6)34-28(39)40-17-22-20-13-9-7-11-18(20)19-12-8-10-14-21(19)22/h7-14,22-24H,15-17H2,1-6H3,(H,32,37)(H,33,38)(H,34,39)(H,35,36)/t23-,24-/m1/s1. The third-order valence-electron chi connectivity index (χ3n) is 7.12. The topological polar surface area (TPSA) is 152 Å². The fraction of sp³-hybridized carbons (Fsp3) is 0.484. The van der Waals surface area contributed by atoms with Gasteiger partial charge >= 0.3 is 24.2 Å². The first-order chi connectivity index (χ1) is 19.6. The highest BCUT2D eigenvalue weighted by molar-refractivity contribution is 5.86. The van der Waals surface area contributed by atoms with Crippen LogP contribution in [0.15, 0.2) is 48.5 Å². The number of carboxylic acid groups (broad SMARTS) is 1. The zero-order valence-electron chi connectivity index (χ0n) is 24.8. The fourth-order valence-electron chi connectivity index (χ4n) is 5.50. The zero-order valence-corrected chi connectivity index (χ0v) is 24.8. The number of aliphatic carboxylic acids is 1. The summed E-state index contributed by atoms with van der Waals surface area (Å²) in [4.78, 5) is 50.9. The van der Waals surface area contributed by atoms with Crippen LogP contribution < -0.4 is 16.0 Å². The van der Waals surface area contributed by atoms with E-state index in [1.165, 1.54) is 0 Å². The highest BCUT2D eigenvalue weighted by atomic mass is 16.6. The maximum Gasteiger partial charge on any atom is 0.408 e. The van der Waals surface area contributed by atoms with Crippen LogP contribution in [0.4, 0.5) is 14.4 Å². The summed E-state index contributed by atoms with van der Waals surface area (Å²) in [5.74, 6) is -1.55. The van der Waals surface area contributed by atoms with Gasteiger partial charge in [-0.05, 0) is 63.8 Å². The van der Waals surface area contributed by atoms with E-state index in [1.807, 2.05) is 48.5 Å². The summed E-state index contributed by atoms with van der Waals surface area (Å²) in [6, 6.07) is 14.0. The predicted octanol–water partition coefficient (Wildman–Crippen LogP) is 4.93. The maximum absolute atomic E-state index is 13.1. The predicted molar refractivity (Wildman–Crippen MR) is 154 cm³/mol. The summed E-state index contributed by atoms with van der Waals surface area (Å²) in [6.45, 7) is 10.1. The molecule has 0 radical (unpaired) electrons. The number of benzene rings is 2. The summed E-state index contributed by atoms with van der Waals surface area (Å²) in [7, 11) is 0. The van der Waals surface area contributed by atoms with Crippen LogP contribution in [0.1, 0.15) is 71.4 Å². The van der Waals surface area contributed by atoms with Gasteiger partial charge in [-0.2, -0.15) is 0 Å². The van der Waals surface area contributed by atoms with E-state index in [9.17, 15) is 24.3 Å². The van der Waals surface area contributed by atoms with Crippen LogP contribution in [-0.4, -0.2) is 64.8 Å². The Kier molecular flexibility index (Phi) is 8.43. The highest BCUT2D eigenvalue weighted by Crippen LogP contribution is 2.44. The number of fused-ring (bicyclic) bond motifs is 3. The van der Waals surface area contributed by atoms with Crippen molar-refractivity contribution in [1.82, 2.24) is 16.0 Å². The summed E-state index contributed by atoms with van der Waals surface area (Å²) in [6.07, 6.45) is -2.96. The summed E-state index contributed by atoms with van der Waals surface area (Å²) >= 11 is 0. The molecule has 226 valence electrons. The lowest BCUT2D eigenvalue weighted by Crippen LogP contribution is -2.54. The Morgan fingerprint density at radius 1 is 0.762 bits per heavy atom. The lowest BCUT2D eigenvalue weighted by molar-refractivity contribution is -0.144. The van der Waals surface area contributed by atoms with Crippen LogP contribution in [0, 0.1) is 0 Å². The molecule has 1 fully saturated rings. The van der Waals surface area contributed by atoms with Crippen LogP contribution >= 0.6 is 0 Å². The van der Waals surface area contributed by atoms with Crippen molar-refractivity contribution in [2.24, 2.45) is 0 Å². The third kappa shape index (κ3) is 7.13. The van der Waals surface area contributed by atoms with E-state index in [-0.39, 0.29) is 25.4 Å². The molecule has 4 N–H and O–H groups in total. The Bertz CT molecular complexity index is 1280. The van der Waals surface area contributed by atoms with Gasteiger partial charge in [-0.3, -0.25) is 0 Å². The number of carboxylic acids is 1. The van der Waals surface area contributed by atoms with Gasteiger partial charge in [0.05, 0.1) is 12.1 Å². The number of ether oxygens (including phenoxy) is 3. The Hall–Kier alpha value is -4.28. The Labute approximate surface area is 245 Å². The van der Waals surface area contributed by atoms with E-state index in [4.69, 9.17) is 14.2 Å². The van der Waals surface area contributed by atoms with E-state index >= 15 is 0 Å². The average Bonchev–Trinajstić information content (AvgIpc) is 3.36. The molecule has 2 atom stereocenters. The normalized spacial score (nSPS) is 19.2. The minimum atomic E-state index is -1.85. The highest BCUT2D eigenvalue weighted by Gasteiger charge is 2.53. The van der Waals surface area contributed by atoms with Crippen molar-refractivity contribution in [2.45, 2.75) is 89.1 Å². The Morgan fingerprint density at radius 2 is 1.19 bits per heavy atom. The second-order valence-electron chi connectivity index (χ2n) is 12.8. The van der Waals surface area contributed by atoms with Crippen molar-refractivity contribution in [2.75, 3.05) is 6.61 Å². The number of carbonyl (C=O) groups is 4. The minimum absolute atomic E-state index is 0.00522. The lowest BCUT2D eigenvalue weighted by atomic mass is 9.97. The Balaban J connectivity index is 1.50. The van der Waals surface area contributed by atoms with Crippen molar-refractivity contribution in [3.05, 3.63) is 59.7 Å². The van der Waals surface area contributed by atoms with Gasteiger partial charge in [0.2, 0.25) is 0 Å².